The number of primary amides is 1. The van der Waals surface area contributed by atoms with E-state index in [0.717, 1.165) is 58.2 Å². The molecule has 3 rings (SSSR count). The highest BCUT2D eigenvalue weighted by molar-refractivity contribution is 5.76. The summed E-state index contributed by atoms with van der Waals surface area (Å²) in [6.07, 6.45) is 24.3. The molecule has 2 unspecified atom stereocenters. The van der Waals surface area contributed by atoms with E-state index in [-0.39, 0.29) is 5.91 Å². The Hall–Kier alpha value is -2.69. The smallest absolute Gasteiger partial charge is 0.218 e. The monoisotopic (exact) mass is 502 g/mol. The molecule has 0 radical (unpaired) electrons. The van der Waals surface area contributed by atoms with Crippen LogP contribution in [0, 0.1) is 11.3 Å². The van der Waals surface area contributed by atoms with Crippen LogP contribution >= 0.6 is 0 Å². The molecule has 4 heteroatoms. The van der Waals surface area contributed by atoms with Crippen LogP contribution in [0.25, 0.3) is 0 Å². The molecular weight excluding hydrogens is 456 g/mol. The highest BCUT2D eigenvalue weighted by atomic mass is 16.5. The number of ether oxygens (including phenoxy) is 1. The lowest BCUT2D eigenvalue weighted by Gasteiger charge is -2.44. The molecule has 37 heavy (non-hydrogen) atoms. The quantitative estimate of drug-likeness (QED) is 0.192. The first-order valence-corrected chi connectivity index (χ1v) is 14.0. The zero-order valence-electron chi connectivity index (χ0n) is 22.9. The Morgan fingerprint density at radius 1 is 1.16 bits per heavy atom. The Bertz CT molecular complexity index is 989. The van der Waals surface area contributed by atoms with Gasteiger partial charge in [0.05, 0.1) is 13.2 Å². The molecule has 1 heterocycles. The van der Waals surface area contributed by atoms with Gasteiger partial charge < -0.3 is 15.4 Å². The number of amides is 1. The van der Waals surface area contributed by atoms with Gasteiger partial charge in [0.15, 0.2) is 0 Å². The Kier molecular flexibility index (Phi) is 12.1. The number of nitrogens with two attached hydrogens (primary N) is 1. The fraction of sp³-hybridized carbons (Fsp3) is 0.485. The number of allylic oxidation sites excluding steroid dienone is 10. The maximum Gasteiger partial charge on any atom is 0.218 e. The predicted molar refractivity (Wildman–Crippen MR) is 155 cm³/mol. The van der Waals surface area contributed by atoms with E-state index >= 15 is 0 Å². The average molecular weight is 503 g/mol. The minimum absolute atomic E-state index is 0.235. The highest BCUT2D eigenvalue weighted by Crippen LogP contribution is 2.50. The zero-order valence-corrected chi connectivity index (χ0v) is 22.9. The molecule has 0 aromatic heterocycles. The number of benzene rings is 1. The molecule has 0 spiro atoms. The second kappa shape index (κ2) is 15.5. The van der Waals surface area contributed by atoms with E-state index in [0.29, 0.717) is 25.6 Å². The summed E-state index contributed by atoms with van der Waals surface area (Å²) < 4.78 is 6.04. The van der Waals surface area contributed by atoms with Gasteiger partial charge in [-0.25, -0.2) is 0 Å². The molecule has 1 saturated heterocycles. The summed E-state index contributed by atoms with van der Waals surface area (Å²) in [5.41, 5.74) is 9.25. The lowest BCUT2D eigenvalue weighted by molar-refractivity contribution is -0.120. The number of carbonyl (C=O) groups excluding carboxylic acids is 1. The number of hydrogen-bond acceptors (Lipinski definition) is 3. The first-order chi connectivity index (χ1) is 18.1. The maximum atomic E-state index is 12.7. The molecule has 1 fully saturated rings. The molecule has 1 aromatic carbocycles. The van der Waals surface area contributed by atoms with Crippen molar-refractivity contribution in [2.75, 3.05) is 26.2 Å². The van der Waals surface area contributed by atoms with Crippen LogP contribution in [0.1, 0.15) is 64.4 Å². The lowest BCUT2D eigenvalue weighted by Crippen LogP contribution is -2.43. The third kappa shape index (κ3) is 8.69. The number of carbonyl (C=O) groups is 1. The average Bonchev–Trinajstić information content (AvgIpc) is 3.12. The molecule has 2 aliphatic rings. The van der Waals surface area contributed by atoms with E-state index < -0.39 is 5.41 Å². The van der Waals surface area contributed by atoms with Gasteiger partial charge in [-0.05, 0) is 62.6 Å². The van der Waals surface area contributed by atoms with Crippen molar-refractivity contribution < 1.29 is 9.53 Å². The molecule has 1 amide bonds. The SMILES string of the molecule is CC/C=C\C=C(/C)C(CC(N)=O)(/C1=C/C/C=C\CC=C1)C1CCCCN(CCOCc2ccccc2)C1. The number of rotatable bonds is 12. The predicted octanol–water partition coefficient (Wildman–Crippen LogP) is 6.91. The van der Waals surface area contributed by atoms with Crippen LogP contribution in [0.3, 0.4) is 0 Å². The second-order valence-corrected chi connectivity index (χ2v) is 10.3. The molecule has 2 N–H and O–H groups in total. The topological polar surface area (TPSA) is 55.6 Å². The van der Waals surface area contributed by atoms with Crippen molar-refractivity contribution in [2.24, 2.45) is 17.1 Å². The normalized spacial score (nSPS) is 23.5. The highest BCUT2D eigenvalue weighted by Gasteiger charge is 2.44. The minimum Gasteiger partial charge on any atom is -0.375 e. The molecule has 200 valence electrons. The zero-order chi connectivity index (χ0) is 26.3. The van der Waals surface area contributed by atoms with Crippen molar-refractivity contribution in [2.45, 2.75) is 65.4 Å². The summed E-state index contributed by atoms with van der Waals surface area (Å²) in [5, 5.41) is 0. The van der Waals surface area contributed by atoms with Crippen LogP contribution in [-0.2, 0) is 16.1 Å². The van der Waals surface area contributed by atoms with Crippen LogP contribution in [0.15, 0.2) is 90.1 Å². The standard InChI is InChI=1S/C33H46N2O2/c1-3-4-9-16-28(2)33(25-32(34)36,30-19-12-6-5-7-13-20-30)31-21-14-15-22-35(26-31)23-24-37-27-29-17-10-8-11-18-29/h4-6,8-11,13,16-20,31H,3,7,12,14-15,21-27H2,1-2H3,(H2,34,36)/b6-5-,9-4-,20-13?,28-16+,30-19+. The van der Waals surface area contributed by atoms with Crippen molar-refractivity contribution in [1.82, 2.24) is 4.90 Å². The van der Waals surface area contributed by atoms with Crippen LogP contribution in [0.4, 0.5) is 0 Å². The number of hydrogen-bond donors (Lipinski definition) is 1. The first kappa shape index (κ1) is 28.9. The summed E-state index contributed by atoms with van der Waals surface area (Å²) in [6, 6.07) is 10.3. The molecule has 2 atom stereocenters. The maximum absolute atomic E-state index is 12.7. The van der Waals surface area contributed by atoms with Gasteiger partial charge in [-0.2, -0.15) is 0 Å². The van der Waals surface area contributed by atoms with Gasteiger partial charge in [-0.15, -0.1) is 0 Å². The molecule has 1 aliphatic heterocycles. The molecular formula is C33H46N2O2. The molecule has 4 nitrogen and oxygen atoms in total. The second-order valence-electron chi connectivity index (χ2n) is 10.3. The van der Waals surface area contributed by atoms with Gasteiger partial charge >= 0.3 is 0 Å². The third-order valence-corrected chi connectivity index (χ3v) is 7.72. The van der Waals surface area contributed by atoms with Crippen molar-refractivity contribution in [3.05, 3.63) is 95.6 Å². The van der Waals surface area contributed by atoms with Crippen LogP contribution in [0.5, 0.6) is 0 Å². The van der Waals surface area contributed by atoms with Gasteiger partial charge in [0.25, 0.3) is 0 Å². The van der Waals surface area contributed by atoms with Crippen LogP contribution in [-0.4, -0.2) is 37.0 Å². The van der Waals surface area contributed by atoms with Crippen LogP contribution < -0.4 is 5.73 Å². The number of likely N-dealkylation sites (tertiary alicyclic amines) is 1. The summed E-state index contributed by atoms with van der Waals surface area (Å²) in [4.78, 5) is 15.2. The summed E-state index contributed by atoms with van der Waals surface area (Å²) in [5.74, 6) is 0.0586. The molecule has 1 aromatic rings. The van der Waals surface area contributed by atoms with Crippen molar-refractivity contribution in [3.8, 4) is 0 Å². The third-order valence-electron chi connectivity index (χ3n) is 7.72. The molecule has 0 bridgehead atoms. The largest absolute Gasteiger partial charge is 0.375 e. The van der Waals surface area contributed by atoms with Crippen molar-refractivity contribution in [1.29, 1.82) is 0 Å². The van der Waals surface area contributed by atoms with Crippen molar-refractivity contribution in [3.63, 3.8) is 0 Å². The van der Waals surface area contributed by atoms with Crippen molar-refractivity contribution >= 4 is 5.91 Å². The van der Waals surface area contributed by atoms with Gasteiger partial charge in [0.1, 0.15) is 0 Å². The summed E-state index contributed by atoms with van der Waals surface area (Å²) in [7, 11) is 0. The van der Waals surface area contributed by atoms with Gasteiger partial charge in [-0.1, -0.05) is 97.9 Å². The molecule has 1 aliphatic carbocycles. The minimum atomic E-state index is -0.418. The number of nitrogens with zero attached hydrogens (tertiary/aromatic N) is 1. The van der Waals surface area contributed by atoms with Gasteiger partial charge in [0, 0.05) is 24.9 Å². The Morgan fingerprint density at radius 2 is 1.97 bits per heavy atom. The van der Waals surface area contributed by atoms with E-state index in [1.807, 2.05) is 6.07 Å². The van der Waals surface area contributed by atoms with Crippen LogP contribution in [0.2, 0.25) is 0 Å². The first-order valence-electron chi connectivity index (χ1n) is 14.0. The Balaban J connectivity index is 1.88. The summed E-state index contributed by atoms with van der Waals surface area (Å²) >= 11 is 0. The Morgan fingerprint density at radius 3 is 2.76 bits per heavy atom. The molecule has 0 saturated carbocycles. The summed E-state index contributed by atoms with van der Waals surface area (Å²) in [6.45, 7) is 8.58. The fourth-order valence-corrected chi connectivity index (χ4v) is 5.79. The van der Waals surface area contributed by atoms with E-state index in [1.54, 1.807) is 0 Å². The van der Waals surface area contributed by atoms with Gasteiger partial charge in [-0.3, -0.25) is 4.79 Å². The van der Waals surface area contributed by atoms with Gasteiger partial charge in [0.2, 0.25) is 5.91 Å². The Labute approximate surface area is 224 Å². The van der Waals surface area contributed by atoms with E-state index in [1.165, 1.54) is 16.7 Å². The van der Waals surface area contributed by atoms with E-state index in [9.17, 15) is 4.79 Å². The van der Waals surface area contributed by atoms with E-state index in [4.69, 9.17) is 10.5 Å². The van der Waals surface area contributed by atoms with E-state index in [2.05, 4.69) is 91.6 Å². The lowest BCUT2D eigenvalue weighted by atomic mass is 9.61. The fourth-order valence-electron chi connectivity index (χ4n) is 5.79.